The van der Waals surface area contributed by atoms with Gasteiger partial charge in [0.2, 0.25) is 0 Å². The summed E-state index contributed by atoms with van der Waals surface area (Å²) >= 11 is 0. The van der Waals surface area contributed by atoms with Crippen molar-refractivity contribution >= 4 is 12.0 Å². The number of hydrogen-bond donors (Lipinski definition) is 0. The van der Waals surface area contributed by atoms with E-state index in [9.17, 15) is 35.9 Å². The maximum atomic E-state index is 13.4. The van der Waals surface area contributed by atoms with E-state index in [1.54, 1.807) is 26.8 Å². The number of piperidine rings is 1. The molecule has 11 heteroatoms. The van der Waals surface area contributed by atoms with Gasteiger partial charge in [0.1, 0.15) is 5.60 Å². The van der Waals surface area contributed by atoms with E-state index in [0.717, 1.165) is 11.1 Å². The van der Waals surface area contributed by atoms with Gasteiger partial charge in [-0.15, -0.1) is 0 Å². The second-order valence-electron chi connectivity index (χ2n) is 10.5. The Balaban J connectivity index is 1.99. The molecule has 2 aromatic rings. The lowest BCUT2D eigenvalue weighted by Crippen LogP contribution is -2.52. The van der Waals surface area contributed by atoms with Crippen LogP contribution in [0.4, 0.5) is 31.1 Å². The van der Waals surface area contributed by atoms with Gasteiger partial charge in [-0.3, -0.25) is 4.79 Å². The molecule has 0 aliphatic carbocycles. The van der Waals surface area contributed by atoms with E-state index in [-0.39, 0.29) is 25.6 Å². The van der Waals surface area contributed by atoms with E-state index < -0.39 is 58.6 Å². The van der Waals surface area contributed by atoms with Crippen LogP contribution in [0.2, 0.25) is 0 Å². The molecule has 3 rings (SSSR count). The van der Waals surface area contributed by atoms with Gasteiger partial charge in [0.25, 0.3) is 5.91 Å². The van der Waals surface area contributed by atoms with E-state index in [1.807, 2.05) is 25.1 Å². The van der Waals surface area contributed by atoms with Gasteiger partial charge in [-0.2, -0.15) is 26.3 Å². The second-order valence-corrected chi connectivity index (χ2v) is 10.5. The fourth-order valence-corrected chi connectivity index (χ4v) is 4.64. The molecule has 1 aliphatic heterocycles. The van der Waals surface area contributed by atoms with E-state index in [0.29, 0.717) is 12.1 Å². The Kier molecular flexibility index (Phi) is 8.10. The standard InChI is InChI=1S/C27H30F6N2O3/c1-16-8-6-7-9-20(16)21-15-35(24(37)38-25(2,3)4)11-10-22(21)34(5)23(36)17-12-18(26(28,29)30)14-19(13-17)27(31,32)33/h6-9,12-14,21-22H,10-11,15H2,1-5H3/t21-,22+/m0/s1. The molecule has 0 spiro atoms. The number of likely N-dealkylation sites (tertiary alicyclic amines) is 1. The number of carbonyl (C=O) groups is 2. The molecule has 2 amide bonds. The van der Waals surface area contributed by atoms with Crippen LogP contribution >= 0.6 is 0 Å². The number of amides is 2. The van der Waals surface area contributed by atoms with Crippen LogP contribution in [-0.2, 0) is 17.1 Å². The van der Waals surface area contributed by atoms with Crippen LogP contribution < -0.4 is 0 Å². The number of hydrogen-bond acceptors (Lipinski definition) is 3. The predicted octanol–water partition coefficient (Wildman–Crippen LogP) is 6.90. The molecule has 38 heavy (non-hydrogen) atoms. The molecular weight excluding hydrogens is 514 g/mol. The molecule has 0 N–H and O–H groups in total. The van der Waals surface area contributed by atoms with Gasteiger partial charge in [-0.05, 0) is 63.4 Å². The van der Waals surface area contributed by atoms with Gasteiger partial charge in [-0.25, -0.2) is 4.79 Å². The lowest BCUT2D eigenvalue weighted by molar-refractivity contribution is -0.143. The second kappa shape index (κ2) is 10.5. The van der Waals surface area contributed by atoms with Crippen LogP contribution in [0.5, 0.6) is 0 Å². The number of benzene rings is 2. The number of nitrogens with zero attached hydrogens (tertiary/aromatic N) is 2. The third kappa shape index (κ3) is 6.79. The fourth-order valence-electron chi connectivity index (χ4n) is 4.64. The number of alkyl halides is 6. The van der Waals surface area contributed by atoms with Crippen LogP contribution in [0.3, 0.4) is 0 Å². The Bertz CT molecular complexity index is 1150. The summed E-state index contributed by atoms with van der Waals surface area (Å²) < 4.78 is 85.8. The number of rotatable bonds is 3. The van der Waals surface area contributed by atoms with Crippen LogP contribution in [0.1, 0.15) is 65.7 Å². The zero-order valence-electron chi connectivity index (χ0n) is 21.7. The summed E-state index contributed by atoms with van der Waals surface area (Å²) in [6.45, 7) is 7.38. The van der Waals surface area contributed by atoms with Crippen molar-refractivity contribution in [2.75, 3.05) is 20.1 Å². The maximum Gasteiger partial charge on any atom is 0.416 e. The average Bonchev–Trinajstić information content (AvgIpc) is 2.80. The minimum atomic E-state index is -5.07. The van der Waals surface area contributed by atoms with Crippen molar-refractivity contribution in [3.8, 4) is 0 Å². The first-order chi connectivity index (χ1) is 17.4. The molecule has 0 radical (unpaired) electrons. The number of likely N-dealkylation sites (N-methyl/N-ethyl adjacent to an activating group) is 1. The molecule has 2 atom stereocenters. The van der Waals surface area contributed by atoms with E-state index in [4.69, 9.17) is 4.74 Å². The van der Waals surface area contributed by atoms with Crippen LogP contribution in [0.25, 0.3) is 0 Å². The Labute approximate surface area is 217 Å². The van der Waals surface area contributed by atoms with Crippen molar-refractivity contribution in [2.24, 2.45) is 0 Å². The summed E-state index contributed by atoms with van der Waals surface area (Å²) in [5, 5.41) is 0. The van der Waals surface area contributed by atoms with Crippen molar-refractivity contribution < 1.29 is 40.7 Å². The van der Waals surface area contributed by atoms with Gasteiger partial charge < -0.3 is 14.5 Å². The molecule has 5 nitrogen and oxygen atoms in total. The van der Waals surface area contributed by atoms with Crippen LogP contribution in [0.15, 0.2) is 42.5 Å². The van der Waals surface area contributed by atoms with Gasteiger partial charge in [-0.1, -0.05) is 24.3 Å². The minimum absolute atomic E-state index is 0.00771. The van der Waals surface area contributed by atoms with Gasteiger partial charge in [0.15, 0.2) is 0 Å². The summed E-state index contributed by atoms with van der Waals surface area (Å²) in [5.74, 6) is -1.43. The first-order valence-corrected chi connectivity index (χ1v) is 12.0. The van der Waals surface area contributed by atoms with Crippen LogP contribution in [-0.4, -0.2) is 53.6 Å². The van der Waals surface area contributed by atoms with Crippen molar-refractivity contribution in [3.63, 3.8) is 0 Å². The molecule has 0 aromatic heterocycles. The maximum absolute atomic E-state index is 13.4. The molecule has 1 aliphatic rings. The zero-order chi connectivity index (χ0) is 28.6. The summed E-state index contributed by atoms with van der Waals surface area (Å²) in [4.78, 5) is 28.8. The van der Waals surface area contributed by atoms with Crippen molar-refractivity contribution in [3.05, 3.63) is 70.3 Å². The highest BCUT2D eigenvalue weighted by atomic mass is 19.4. The number of halogens is 6. The third-order valence-electron chi connectivity index (χ3n) is 6.47. The number of ether oxygens (including phenoxy) is 1. The first-order valence-electron chi connectivity index (χ1n) is 12.0. The van der Waals surface area contributed by atoms with Crippen molar-refractivity contribution in [2.45, 2.75) is 64.0 Å². The highest BCUT2D eigenvalue weighted by molar-refractivity contribution is 5.95. The first kappa shape index (κ1) is 29.3. The fraction of sp³-hybridized carbons (Fsp3) is 0.481. The summed E-state index contributed by atoms with van der Waals surface area (Å²) in [7, 11) is 1.36. The lowest BCUT2D eigenvalue weighted by Gasteiger charge is -2.43. The molecule has 1 heterocycles. The SMILES string of the molecule is Cc1ccccc1[C@@H]1CN(C(=O)OC(C)(C)C)CC[C@H]1N(C)C(=O)c1cc(C(F)(F)F)cc(C(F)(F)F)c1. The molecular formula is C27H30F6N2O3. The van der Waals surface area contributed by atoms with Crippen molar-refractivity contribution in [1.82, 2.24) is 9.80 Å². The molecule has 1 saturated heterocycles. The topological polar surface area (TPSA) is 49.9 Å². The van der Waals surface area contributed by atoms with Gasteiger partial charge in [0, 0.05) is 37.7 Å². The Hall–Kier alpha value is -3.24. The van der Waals surface area contributed by atoms with Crippen molar-refractivity contribution in [1.29, 1.82) is 0 Å². The lowest BCUT2D eigenvalue weighted by atomic mass is 9.83. The Morgan fingerprint density at radius 2 is 1.50 bits per heavy atom. The average molecular weight is 545 g/mol. The summed E-state index contributed by atoms with van der Waals surface area (Å²) in [6, 6.07) is 7.55. The number of aryl methyl sites for hydroxylation is 1. The highest BCUT2D eigenvalue weighted by Gasteiger charge is 2.41. The normalized spacial score (nSPS) is 18.8. The summed E-state index contributed by atoms with van der Waals surface area (Å²) in [5.41, 5.74) is -2.89. The Morgan fingerprint density at radius 1 is 0.947 bits per heavy atom. The molecule has 0 bridgehead atoms. The third-order valence-corrected chi connectivity index (χ3v) is 6.47. The monoisotopic (exact) mass is 544 g/mol. The van der Waals surface area contributed by atoms with E-state index in [2.05, 4.69) is 0 Å². The van der Waals surface area contributed by atoms with Gasteiger partial charge in [0.05, 0.1) is 11.1 Å². The van der Waals surface area contributed by atoms with E-state index in [1.165, 1.54) is 16.8 Å². The minimum Gasteiger partial charge on any atom is -0.444 e. The molecule has 1 fully saturated rings. The van der Waals surface area contributed by atoms with Gasteiger partial charge >= 0.3 is 18.4 Å². The Morgan fingerprint density at radius 3 is 2.00 bits per heavy atom. The number of carbonyl (C=O) groups excluding carboxylic acids is 2. The predicted molar refractivity (Wildman–Crippen MR) is 129 cm³/mol. The largest absolute Gasteiger partial charge is 0.444 e. The summed E-state index contributed by atoms with van der Waals surface area (Å²) in [6.07, 6.45) is -10.4. The molecule has 0 saturated carbocycles. The molecule has 0 unspecified atom stereocenters. The molecule has 2 aromatic carbocycles. The van der Waals surface area contributed by atoms with E-state index >= 15 is 0 Å². The molecule has 208 valence electrons. The smallest absolute Gasteiger partial charge is 0.416 e. The highest BCUT2D eigenvalue weighted by Crippen LogP contribution is 2.38. The quantitative estimate of drug-likeness (QED) is 0.395. The zero-order valence-corrected chi connectivity index (χ0v) is 21.7. The van der Waals surface area contributed by atoms with Crippen LogP contribution in [0, 0.1) is 6.92 Å².